The molecule has 0 aliphatic carbocycles. The van der Waals surface area contributed by atoms with Gasteiger partial charge in [0.05, 0.1) is 6.61 Å². The molecule has 0 unspecified atom stereocenters. The van der Waals surface area contributed by atoms with Gasteiger partial charge in [-0.3, -0.25) is 0 Å². The van der Waals surface area contributed by atoms with Gasteiger partial charge in [0, 0.05) is 18.1 Å². The van der Waals surface area contributed by atoms with Crippen molar-refractivity contribution in [3.8, 4) is 5.75 Å². The lowest BCUT2D eigenvalue weighted by Crippen LogP contribution is -2.04. The third-order valence-electron chi connectivity index (χ3n) is 1.80. The zero-order chi connectivity index (χ0) is 10.4. The Balaban J connectivity index is 2.57. The fourth-order valence-corrected chi connectivity index (χ4v) is 1.55. The SMILES string of the molecule is COCCOc1ccc(CN)c(Br)c1. The van der Waals surface area contributed by atoms with Crippen molar-refractivity contribution in [2.75, 3.05) is 20.3 Å². The van der Waals surface area contributed by atoms with Crippen molar-refractivity contribution in [3.05, 3.63) is 28.2 Å². The number of ether oxygens (including phenoxy) is 2. The Morgan fingerprint density at radius 2 is 2.14 bits per heavy atom. The summed E-state index contributed by atoms with van der Waals surface area (Å²) in [4.78, 5) is 0. The second kappa shape index (κ2) is 6.01. The minimum absolute atomic E-state index is 0.527. The molecule has 0 saturated heterocycles. The quantitative estimate of drug-likeness (QED) is 0.823. The molecule has 0 aromatic heterocycles. The Morgan fingerprint density at radius 3 is 2.71 bits per heavy atom. The van der Waals surface area contributed by atoms with Crippen molar-refractivity contribution >= 4 is 15.9 Å². The van der Waals surface area contributed by atoms with E-state index in [-0.39, 0.29) is 0 Å². The maximum atomic E-state index is 5.53. The molecule has 0 saturated carbocycles. The van der Waals surface area contributed by atoms with Gasteiger partial charge >= 0.3 is 0 Å². The van der Waals surface area contributed by atoms with Crippen LogP contribution in [0.2, 0.25) is 0 Å². The van der Waals surface area contributed by atoms with Crippen molar-refractivity contribution in [2.45, 2.75) is 6.54 Å². The third kappa shape index (κ3) is 3.29. The lowest BCUT2D eigenvalue weighted by atomic mass is 10.2. The average Bonchev–Trinajstić information content (AvgIpc) is 2.18. The van der Waals surface area contributed by atoms with E-state index in [4.69, 9.17) is 15.2 Å². The van der Waals surface area contributed by atoms with Crippen molar-refractivity contribution in [3.63, 3.8) is 0 Å². The summed E-state index contributed by atoms with van der Waals surface area (Å²) in [6, 6.07) is 5.77. The van der Waals surface area contributed by atoms with Crippen molar-refractivity contribution < 1.29 is 9.47 Å². The molecule has 3 nitrogen and oxygen atoms in total. The van der Waals surface area contributed by atoms with Gasteiger partial charge in [-0.25, -0.2) is 0 Å². The Kier molecular flexibility index (Phi) is 4.93. The summed E-state index contributed by atoms with van der Waals surface area (Å²) < 4.78 is 11.3. The van der Waals surface area contributed by atoms with Crippen LogP contribution in [0.25, 0.3) is 0 Å². The first-order chi connectivity index (χ1) is 6.77. The normalized spacial score (nSPS) is 10.2. The number of benzene rings is 1. The maximum absolute atomic E-state index is 5.53. The lowest BCUT2D eigenvalue weighted by molar-refractivity contribution is 0.146. The molecule has 0 aliphatic rings. The van der Waals surface area contributed by atoms with E-state index in [1.165, 1.54) is 0 Å². The number of nitrogens with two attached hydrogens (primary N) is 1. The van der Waals surface area contributed by atoms with Crippen LogP contribution in [0.3, 0.4) is 0 Å². The predicted octanol–water partition coefficient (Wildman–Crippen LogP) is 1.93. The van der Waals surface area contributed by atoms with Gasteiger partial charge in [-0.2, -0.15) is 0 Å². The zero-order valence-corrected chi connectivity index (χ0v) is 9.71. The van der Waals surface area contributed by atoms with E-state index in [9.17, 15) is 0 Å². The van der Waals surface area contributed by atoms with E-state index in [1.54, 1.807) is 7.11 Å². The highest BCUT2D eigenvalue weighted by Gasteiger charge is 2.00. The topological polar surface area (TPSA) is 44.5 Å². The Labute approximate surface area is 92.3 Å². The van der Waals surface area contributed by atoms with E-state index in [1.807, 2.05) is 18.2 Å². The Bertz CT molecular complexity index is 291. The second-order valence-electron chi connectivity index (χ2n) is 2.80. The lowest BCUT2D eigenvalue weighted by Gasteiger charge is -2.07. The highest BCUT2D eigenvalue weighted by Crippen LogP contribution is 2.22. The van der Waals surface area contributed by atoms with Crippen LogP contribution in [0, 0.1) is 0 Å². The summed E-state index contributed by atoms with van der Waals surface area (Å²) in [5.41, 5.74) is 6.60. The van der Waals surface area contributed by atoms with Crippen LogP contribution in [-0.2, 0) is 11.3 Å². The van der Waals surface area contributed by atoms with Crippen LogP contribution in [0.15, 0.2) is 22.7 Å². The Hall–Kier alpha value is -0.580. The number of rotatable bonds is 5. The molecule has 1 rings (SSSR count). The molecule has 0 fully saturated rings. The van der Waals surface area contributed by atoms with Gasteiger partial charge in [0.2, 0.25) is 0 Å². The average molecular weight is 260 g/mol. The van der Waals surface area contributed by atoms with E-state index in [0.717, 1.165) is 15.8 Å². The van der Waals surface area contributed by atoms with Crippen LogP contribution in [-0.4, -0.2) is 20.3 Å². The molecule has 1 aromatic rings. The standard InChI is InChI=1S/C10H14BrNO2/c1-13-4-5-14-9-3-2-8(7-12)10(11)6-9/h2-3,6H,4-5,7,12H2,1H3. The Morgan fingerprint density at radius 1 is 1.36 bits per heavy atom. The first-order valence-corrected chi connectivity index (χ1v) is 5.17. The fraction of sp³-hybridized carbons (Fsp3) is 0.400. The smallest absolute Gasteiger partial charge is 0.120 e. The van der Waals surface area contributed by atoms with Gasteiger partial charge in [0.25, 0.3) is 0 Å². The van der Waals surface area contributed by atoms with E-state index in [2.05, 4.69) is 15.9 Å². The summed E-state index contributed by atoms with van der Waals surface area (Å²) in [7, 11) is 1.65. The molecule has 0 aliphatic heterocycles. The minimum Gasteiger partial charge on any atom is -0.491 e. The van der Waals surface area contributed by atoms with E-state index in [0.29, 0.717) is 19.8 Å². The van der Waals surface area contributed by atoms with Crippen LogP contribution >= 0.6 is 15.9 Å². The van der Waals surface area contributed by atoms with Gasteiger partial charge in [0.1, 0.15) is 12.4 Å². The first-order valence-electron chi connectivity index (χ1n) is 4.38. The van der Waals surface area contributed by atoms with Crippen molar-refractivity contribution in [1.29, 1.82) is 0 Å². The molecule has 78 valence electrons. The number of hydrogen-bond donors (Lipinski definition) is 1. The predicted molar refractivity (Wildman–Crippen MR) is 59.4 cm³/mol. The largest absolute Gasteiger partial charge is 0.491 e. The molecule has 0 spiro atoms. The number of halogens is 1. The fourth-order valence-electron chi connectivity index (χ4n) is 1.03. The van der Waals surface area contributed by atoms with Gasteiger partial charge in [-0.15, -0.1) is 0 Å². The number of methoxy groups -OCH3 is 1. The van der Waals surface area contributed by atoms with Gasteiger partial charge in [0.15, 0.2) is 0 Å². The summed E-state index contributed by atoms with van der Waals surface area (Å²) in [6.07, 6.45) is 0. The van der Waals surface area contributed by atoms with E-state index >= 15 is 0 Å². The van der Waals surface area contributed by atoms with Crippen molar-refractivity contribution in [2.24, 2.45) is 5.73 Å². The summed E-state index contributed by atoms with van der Waals surface area (Å²) in [6.45, 7) is 1.68. The summed E-state index contributed by atoms with van der Waals surface area (Å²) in [5.74, 6) is 0.825. The third-order valence-corrected chi connectivity index (χ3v) is 2.54. The molecule has 1 aromatic carbocycles. The highest BCUT2D eigenvalue weighted by molar-refractivity contribution is 9.10. The first kappa shape index (κ1) is 11.5. The summed E-state index contributed by atoms with van der Waals surface area (Å²) in [5, 5.41) is 0. The van der Waals surface area contributed by atoms with Crippen molar-refractivity contribution in [1.82, 2.24) is 0 Å². The van der Waals surface area contributed by atoms with Crippen LogP contribution in [0.4, 0.5) is 0 Å². The highest BCUT2D eigenvalue weighted by atomic mass is 79.9. The molecule has 2 N–H and O–H groups in total. The molecule has 0 radical (unpaired) electrons. The summed E-state index contributed by atoms with van der Waals surface area (Å²) >= 11 is 3.43. The van der Waals surface area contributed by atoms with Gasteiger partial charge < -0.3 is 15.2 Å². The van der Waals surface area contributed by atoms with Crippen LogP contribution < -0.4 is 10.5 Å². The molecule has 0 bridgehead atoms. The number of hydrogen-bond acceptors (Lipinski definition) is 3. The zero-order valence-electron chi connectivity index (χ0n) is 8.13. The maximum Gasteiger partial charge on any atom is 0.120 e. The molecular formula is C10H14BrNO2. The van der Waals surface area contributed by atoms with E-state index < -0.39 is 0 Å². The van der Waals surface area contributed by atoms with Gasteiger partial charge in [-0.05, 0) is 17.7 Å². The molecular weight excluding hydrogens is 246 g/mol. The molecule has 14 heavy (non-hydrogen) atoms. The second-order valence-corrected chi connectivity index (χ2v) is 3.65. The molecule has 0 atom stereocenters. The monoisotopic (exact) mass is 259 g/mol. The molecule has 0 heterocycles. The van der Waals surface area contributed by atoms with Crippen LogP contribution in [0.1, 0.15) is 5.56 Å². The molecule has 0 amide bonds. The van der Waals surface area contributed by atoms with Crippen LogP contribution in [0.5, 0.6) is 5.75 Å². The minimum atomic E-state index is 0.527. The van der Waals surface area contributed by atoms with Gasteiger partial charge in [-0.1, -0.05) is 22.0 Å². The molecule has 4 heteroatoms.